The maximum atomic E-state index is 11.6. The maximum absolute atomic E-state index is 11.6. The summed E-state index contributed by atoms with van der Waals surface area (Å²) in [6.45, 7) is 6.63. The Balaban J connectivity index is 1.88. The molecule has 1 aliphatic heterocycles. The SMILES string of the molecule is CCN1CCC(CNc2cc(N)c(C(=O)NC)s2)C1. The van der Waals surface area contributed by atoms with E-state index >= 15 is 0 Å². The highest BCUT2D eigenvalue weighted by Crippen LogP contribution is 2.29. The highest BCUT2D eigenvalue weighted by atomic mass is 32.1. The average molecular weight is 282 g/mol. The van der Waals surface area contributed by atoms with Gasteiger partial charge in [0.2, 0.25) is 0 Å². The molecule has 1 saturated heterocycles. The second kappa shape index (κ2) is 6.25. The minimum atomic E-state index is -0.117. The molecule has 1 aromatic heterocycles. The van der Waals surface area contributed by atoms with Crippen LogP contribution in [-0.4, -0.2) is 44.0 Å². The van der Waals surface area contributed by atoms with E-state index in [9.17, 15) is 4.79 Å². The van der Waals surface area contributed by atoms with Gasteiger partial charge in [-0.05, 0) is 31.5 Å². The van der Waals surface area contributed by atoms with Crippen molar-refractivity contribution in [1.82, 2.24) is 10.2 Å². The summed E-state index contributed by atoms with van der Waals surface area (Å²) in [4.78, 5) is 14.6. The monoisotopic (exact) mass is 282 g/mol. The first kappa shape index (κ1) is 14.1. The zero-order chi connectivity index (χ0) is 13.8. The Hall–Kier alpha value is -1.27. The summed E-state index contributed by atoms with van der Waals surface area (Å²) in [5.74, 6) is 0.570. The van der Waals surface area contributed by atoms with Gasteiger partial charge >= 0.3 is 0 Å². The Kier molecular flexibility index (Phi) is 4.66. The van der Waals surface area contributed by atoms with Gasteiger partial charge in [0, 0.05) is 20.1 Å². The Morgan fingerprint density at radius 1 is 1.63 bits per heavy atom. The second-order valence-corrected chi connectivity index (χ2v) is 5.96. The first-order valence-corrected chi connectivity index (χ1v) is 7.53. The number of anilines is 2. The summed E-state index contributed by atoms with van der Waals surface area (Å²) < 4.78 is 0. The lowest BCUT2D eigenvalue weighted by Crippen LogP contribution is -2.22. The standard InChI is InChI=1S/C13H22N4OS/c1-3-17-5-4-9(8-17)7-16-11-6-10(14)12(19-11)13(18)15-2/h6,9,16H,3-5,7-8,14H2,1-2H3,(H,15,18). The smallest absolute Gasteiger partial charge is 0.263 e. The molecule has 1 atom stereocenters. The average Bonchev–Trinajstić information content (AvgIpc) is 3.01. The van der Waals surface area contributed by atoms with Crippen molar-refractivity contribution in [2.45, 2.75) is 13.3 Å². The molecular formula is C13H22N4OS. The predicted molar refractivity (Wildman–Crippen MR) is 80.8 cm³/mol. The molecule has 106 valence electrons. The minimum Gasteiger partial charge on any atom is -0.397 e. The third-order valence-electron chi connectivity index (χ3n) is 3.58. The van der Waals surface area contributed by atoms with Crippen LogP contribution in [0.25, 0.3) is 0 Å². The number of rotatable bonds is 5. The lowest BCUT2D eigenvalue weighted by molar-refractivity contribution is 0.0968. The number of hydrogen-bond donors (Lipinski definition) is 3. The predicted octanol–water partition coefficient (Wildman–Crippen LogP) is 1.44. The molecule has 0 aliphatic carbocycles. The van der Waals surface area contributed by atoms with Crippen molar-refractivity contribution in [3.05, 3.63) is 10.9 Å². The number of thiophene rings is 1. The van der Waals surface area contributed by atoms with Crippen molar-refractivity contribution in [1.29, 1.82) is 0 Å². The Labute approximate surface area is 118 Å². The topological polar surface area (TPSA) is 70.4 Å². The van der Waals surface area contributed by atoms with Crippen LogP contribution in [0.2, 0.25) is 0 Å². The highest BCUT2D eigenvalue weighted by molar-refractivity contribution is 7.18. The van der Waals surface area contributed by atoms with Gasteiger partial charge in [-0.2, -0.15) is 0 Å². The first-order chi connectivity index (χ1) is 9.13. The summed E-state index contributed by atoms with van der Waals surface area (Å²) in [6.07, 6.45) is 1.24. The number of likely N-dealkylation sites (tertiary alicyclic amines) is 1. The van der Waals surface area contributed by atoms with Crippen LogP contribution in [0.1, 0.15) is 23.0 Å². The van der Waals surface area contributed by atoms with Crippen LogP contribution < -0.4 is 16.4 Å². The van der Waals surface area contributed by atoms with Gasteiger partial charge < -0.3 is 21.3 Å². The molecule has 4 N–H and O–H groups in total. The van der Waals surface area contributed by atoms with Crippen molar-refractivity contribution in [3.8, 4) is 0 Å². The summed E-state index contributed by atoms with van der Waals surface area (Å²) >= 11 is 1.42. The minimum absolute atomic E-state index is 0.117. The Morgan fingerprint density at radius 2 is 2.42 bits per heavy atom. The molecule has 2 heterocycles. The third-order valence-corrected chi connectivity index (χ3v) is 4.68. The number of nitrogens with one attached hydrogen (secondary N) is 2. The molecular weight excluding hydrogens is 260 g/mol. The van der Waals surface area contributed by atoms with E-state index in [4.69, 9.17) is 5.73 Å². The van der Waals surface area contributed by atoms with E-state index in [0.29, 0.717) is 16.5 Å². The number of nitrogens with two attached hydrogens (primary N) is 1. The number of hydrogen-bond acceptors (Lipinski definition) is 5. The molecule has 19 heavy (non-hydrogen) atoms. The third kappa shape index (κ3) is 3.39. The zero-order valence-corrected chi connectivity index (χ0v) is 12.3. The van der Waals surface area contributed by atoms with E-state index in [2.05, 4.69) is 22.5 Å². The van der Waals surface area contributed by atoms with Gasteiger partial charge in [-0.25, -0.2) is 0 Å². The Morgan fingerprint density at radius 3 is 3.05 bits per heavy atom. The molecule has 0 aromatic carbocycles. The van der Waals surface area contributed by atoms with Crippen molar-refractivity contribution in [2.24, 2.45) is 5.92 Å². The largest absolute Gasteiger partial charge is 0.397 e. The lowest BCUT2D eigenvalue weighted by Gasteiger charge is -2.13. The number of carbonyl (C=O) groups is 1. The van der Waals surface area contributed by atoms with Crippen molar-refractivity contribution in [2.75, 3.05) is 44.3 Å². The summed E-state index contributed by atoms with van der Waals surface area (Å²) in [7, 11) is 1.62. The van der Waals surface area contributed by atoms with Crippen LogP contribution >= 0.6 is 11.3 Å². The summed E-state index contributed by atoms with van der Waals surface area (Å²) in [5, 5.41) is 6.98. The van der Waals surface area contributed by atoms with Crippen LogP contribution in [0, 0.1) is 5.92 Å². The van der Waals surface area contributed by atoms with E-state index in [-0.39, 0.29) is 5.91 Å². The van der Waals surface area contributed by atoms with Crippen LogP contribution in [0.15, 0.2) is 6.07 Å². The second-order valence-electron chi connectivity index (χ2n) is 4.90. The summed E-state index contributed by atoms with van der Waals surface area (Å²) in [5.41, 5.74) is 6.40. The molecule has 0 bridgehead atoms. The van der Waals surface area contributed by atoms with E-state index < -0.39 is 0 Å². The van der Waals surface area contributed by atoms with E-state index in [0.717, 1.165) is 24.6 Å². The molecule has 1 aliphatic rings. The quantitative estimate of drug-likeness (QED) is 0.764. The van der Waals surface area contributed by atoms with Crippen LogP contribution in [0.5, 0.6) is 0 Å². The molecule has 0 spiro atoms. The fraction of sp³-hybridized carbons (Fsp3) is 0.615. The molecule has 5 nitrogen and oxygen atoms in total. The van der Waals surface area contributed by atoms with Crippen LogP contribution in [0.4, 0.5) is 10.7 Å². The van der Waals surface area contributed by atoms with E-state index in [1.54, 1.807) is 7.05 Å². The van der Waals surface area contributed by atoms with Crippen molar-refractivity contribution < 1.29 is 4.79 Å². The fourth-order valence-electron chi connectivity index (χ4n) is 2.39. The molecule has 1 amide bonds. The Bertz CT molecular complexity index is 446. The number of nitrogens with zero attached hydrogens (tertiary/aromatic N) is 1. The normalized spacial score (nSPS) is 19.6. The molecule has 6 heteroatoms. The van der Waals surface area contributed by atoms with Crippen molar-refractivity contribution in [3.63, 3.8) is 0 Å². The van der Waals surface area contributed by atoms with Gasteiger partial charge in [-0.3, -0.25) is 4.79 Å². The molecule has 2 rings (SSSR count). The molecule has 0 radical (unpaired) electrons. The summed E-state index contributed by atoms with van der Waals surface area (Å²) in [6, 6.07) is 1.85. The molecule has 1 unspecified atom stereocenters. The van der Waals surface area contributed by atoms with Gasteiger partial charge in [0.1, 0.15) is 4.88 Å². The maximum Gasteiger partial charge on any atom is 0.263 e. The van der Waals surface area contributed by atoms with Gasteiger partial charge in [0.25, 0.3) is 5.91 Å². The van der Waals surface area contributed by atoms with Crippen LogP contribution in [-0.2, 0) is 0 Å². The number of amides is 1. The first-order valence-electron chi connectivity index (χ1n) is 6.71. The lowest BCUT2D eigenvalue weighted by atomic mass is 10.1. The number of nitrogen functional groups attached to an aromatic ring is 1. The number of carbonyl (C=O) groups excluding carboxylic acids is 1. The molecule has 1 fully saturated rings. The van der Waals surface area contributed by atoms with Gasteiger partial charge in [0.15, 0.2) is 0 Å². The molecule has 0 saturated carbocycles. The van der Waals surface area contributed by atoms with Gasteiger partial charge in [-0.15, -0.1) is 11.3 Å². The molecule has 1 aromatic rings. The highest BCUT2D eigenvalue weighted by Gasteiger charge is 2.21. The zero-order valence-electron chi connectivity index (χ0n) is 11.5. The van der Waals surface area contributed by atoms with E-state index in [1.807, 2.05) is 6.07 Å². The fourth-order valence-corrected chi connectivity index (χ4v) is 3.33. The van der Waals surface area contributed by atoms with Gasteiger partial charge in [0.05, 0.1) is 10.7 Å². The van der Waals surface area contributed by atoms with Crippen molar-refractivity contribution >= 4 is 27.9 Å². The van der Waals surface area contributed by atoms with E-state index in [1.165, 1.54) is 24.3 Å². The van der Waals surface area contributed by atoms with Gasteiger partial charge in [-0.1, -0.05) is 6.92 Å². The van der Waals surface area contributed by atoms with Crippen LogP contribution in [0.3, 0.4) is 0 Å².